The molecule has 4 nitrogen and oxygen atoms in total. The fourth-order valence-corrected chi connectivity index (χ4v) is 2.62. The molecular formula is C18H24N2O2. The number of nitrogens with one attached hydrogen (secondary N) is 2. The fraction of sp³-hybridized carbons (Fsp3) is 0.389. The van der Waals surface area contributed by atoms with E-state index >= 15 is 0 Å². The molecule has 4 heteroatoms. The maximum atomic E-state index is 12.0. The number of anilines is 1. The molecule has 2 rings (SSSR count). The third-order valence-corrected chi connectivity index (χ3v) is 3.79. The summed E-state index contributed by atoms with van der Waals surface area (Å²) >= 11 is 0. The lowest BCUT2D eigenvalue weighted by atomic mass is 10.0. The van der Waals surface area contributed by atoms with E-state index in [0.717, 1.165) is 35.7 Å². The summed E-state index contributed by atoms with van der Waals surface area (Å²) in [6, 6.07) is 13.7. The molecule has 1 atom stereocenters. The Bertz CT molecular complexity index is 607. The molecule has 0 saturated carbocycles. The standard InChI is InChI=1S/C18H24N2O2/c1-2-5-14(10-11-21)13-19-18(22)20-17-9-8-15-6-3-4-7-16(15)12-17/h3-4,6-9,12,14,21H,2,5,10-11,13H2,1H3,(H2,19,20,22). The van der Waals surface area contributed by atoms with Gasteiger partial charge in [0.2, 0.25) is 0 Å². The van der Waals surface area contributed by atoms with Crippen LogP contribution in [-0.2, 0) is 0 Å². The normalized spacial score (nSPS) is 12.1. The van der Waals surface area contributed by atoms with Gasteiger partial charge in [0, 0.05) is 18.8 Å². The Balaban J connectivity index is 1.89. The van der Waals surface area contributed by atoms with Gasteiger partial charge in [-0.3, -0.25) is 0 Å². The van der Waals surface area contributed by atoms with Gasteiger partial charge in [-0.15, -0.1) is 0 Å². The monoisotopic (exact) mass is 300 g/mol. The van der Waals surface area contributed by atoms with Crippen molar-refractivity contribution in [1.29, 1.82) is 0 Å². The fourth-order valence-electron chi connectivity index (χ4n) is 2.62. The van der Waals surface area contributed by atoms with Crippen LogP contribution in [0.1, 0.15) is 26.2 Å². The number of benzene rings is 2. The van der Waals surface area contributed by atoms with Crippen molar-refractivity contribution >= 4 is 22.5 Å². The summed E-state index contributed by atoms with van der Waals surface area (Å²) in [5, 5.41) is 17.0. The summed E-state index contributed by atoms with van der Waals surface area (Å²) in [5.74, 6) is 0.331. The Kier molecular flexibility index (Phi) is 6.22. The molecular weight excluding hydrogens is 276 g/mol. The summed E-state index contributed by atoms with van der Waals surface area (Å²) in [7, 11) is 0. The Morgan fingerprint density at radius 3 is 2.64 bits per heavy atom. The number of carbonyl (C=O) groups excluding carboxylic acids is 1. The van der Waals surface area contributed by atoms with Crippen molar-refractivity contribution in [3.63, 3.8) is 0 Å². The average Bonchev–Trinajstić information content (AvgIpc) is 2.53. The number of urea groups is 1. The molecule has 0 aliphatic heterocycles. The lowest BCUT2D eigenvalue weighted by Crippen LogP contribution is -2.33. The molecule has 2 aromatic carbocycles. The first kappa shape index (κ1) is 16.3. The van der Waals surface area contributed by atoms with E-state index in [1.807, 2.05) is 42.5 Å². The number of carbonyl (C=O) groups is 1. The predicted octanol–water partition coefficient (Wildman–Crippen LogP) is 3.76. The minimum atomic E-state index is -0.200. The lowest BCUT2D eigenvalue weighted by Gasteiger charge is -2.16. The van der Waals surface area contributed by atoms with Crippen LogP contribution in [0.4, 0.5) is 10.5 Å². The van der Waals surface area contributed by atoms with E-state index in [0.29, 0.717) is 12.5 Å². The quantitative estimate of drug-likeness (QED) is 0.729. The second kappa shape index (κ2) is 8.39. The maximum absolute atomic E-state index is 12.0. The first-order valence-electron chi connectivity index (χ1n) is 7.87. The highest BCUT2D eigenvalue weighted by Gasteiger charge is 2.09. The number of amides is 2. The molecule has 0 aliphatic carbocycles. The number of aliphatic hydroxyl groups is 1. The smallest absolute Gasteiger partial charge is 0.319 e. The first-order valence-corrected chi connectivity index (χ1v) is 7.87. The largest absolute Gasteiger partial charge is 0.396 e. The molecule has 0 saturated heterocycles. The van der Waals surface area contributed by atoms with E-state index < -0.39 is 0 Å². The Morgan fingerprint density at radius 1 is 1.14 bits per heavy atom. The number of fused-ring (bicyclic) bond motifs is 1. The molecule has 1 unspecified atom stereocenters. The maximum Gasteiger partial charge on any atom is 0.319 e. The molecule has 0 spiro atoms. The highest BCUT2D eigenvalue weighted by atomic mass is 16.3. The van der Waals surface area contributed by atoms with Gasteiger partial charge in [0.15, 0.2) is 0 Å². The molecule has 118 valence electrons. The van der Waals surface area contributed by atoms with Crippen LogP contribution in [0.25, 0.3) is 10.8 Å². The molecule has 0 fully saturated rings. The highest BCUT2D eigenvalue weighted by molar-refractivity contribution is 5.93. The van der Waals surface area contributed by atoms with Gasteiger partial charge in [0.05, 0.1) is 0 Å². The summed E-state index contributed by atoms with van der Waals surface area (Å²) in [6.07, 6.45) is 2.79. The molecule has 2 amide bonds. The van der Waals surface area contributed by atoms with Gasteiger partial charge < -0.3 is 15.7 Å². The topological polar surface area (TPSA) is 61.4 Å². The Morgan fingerprint density at radius 2 is 1.91 bits per heavy atom. The van der Waals surface area contributed by atoms with E-state index in [1.54, 1.807) is 0 Å². The van der Waals surface area contributed by atoms with Crippen LogP contribution in [0.15, 0.2) is 42.5 Å². The summed E-state index contributed by atoms with van der Waals surface area (Å²) in [5.41, 5.74) is 0.783. The van der Waals surface area contributed by atoms with Gasteiger partial charge >= 0.3 is 6.03 Å². The Labute approximate surface area is 131 Å². The SMILES string of the molecule is CCCC(CCO)CNC(=O)Nc1ccc2ccccc2c1. The van der Waals surface area contributed by atoms with Crippen molar-refractivity contribution in [2.24, 2.45) is 5.92 Å². The van der Waals surface area contributed by atoms with E-state index in [1.165, 1.54) is 0 Å². The second-order valence-electron chi connectivity index (χ2n) is 5.56. The van der Waals surface area contributed by atoms with E-state index in [4.69, 9.17) is 5.11 Å². The van der Waals surface area contributed by atoms with Crippen LogP contribution >= 0.6 is 0 Å². The van der Waals surface area contributed by atoms with Gasteiger partial charge in [-0.2, -0.15) is 0 Å². The van der Waals surface area contributed by atoms with Crippen molar-refractivity contribution in [2.75, 3.05) is 18.5 Å². The third kappa shape index (κ3) is 4.74. The molecule has 0 aromatic heterocycles. The summed E-state index contributed by atoms with van der Waals surface area (Å²) in [6.45, 7) is 2.87. The Hall–Kier alpha value is -2.07. The van der Waals surface area contributed by atoms with Crippen molar-refractivity contribution in [3.8, 4) is 0 Å². The average molecular weight is 300 g/mol. The van der Waals surface area contributed by atoms with Gasteiger partial charge in [0.25, 0.3) is 0 Å². The van der Waals surface area contributed by atoms with Crippen LogP contribution in [0.3, 0.4) is 0 Å². The van der Waals surface area contributed by atoms with Crippen LogP contribution in [0.5, 0.6) is 0 Å². The molecule has 0 bridgehead atoms. The molecule has 2 aromatic rings. The highest BCUT2D eigenvalue weighted by Crippen LogP contribution is 2.18. The number of rotatable bonds is 7. The first-order chi connectivity index (χ1) is 10.7. The van der Waals surface area contributed by atoms with Gasteiger partial charge in [0.1, 0.15) is 0 Å². The second-order valence-corrected chi connectivity index (χ2v) is 5.56. The number of hydrogen-bond acceptors (Lipinski definition) is 2. The van der Waals surface area contributed by atoms with Gasteiger partial charge in [-0.05, 0) is 41.7 Å². The minimum absolute atomic E-state index is 0.165. The zero-order valence-electron chi connectivity index (χ0n) is 13.0. The van der Waals surface area contributed by atoms with Crippen molar-refractivity contribution in [3.05, 3.63) is 42.5 Å². The van der Waals surface area contributed by atoms with Crippen LogP contribution in [-0.4, -0.2) is 24.3 Å². The van der Waals surface area contributed by atoms with Crippen LogP contribution in [0.2, 0.25) is 0 Å². The zero-order chi connectivity index (χ0) is 15.8. The number of aliphatic hydroxyl groups excluding tert-OH is 1. The summed E-state index contributed by atoms with van der Waals surface area (Å²) < 4.78 is 0. The molecule has 22 heavy (non-hydrogen) atoms. The molecule has 0 aliphatic rings. The van der Waals surface area contributed by atoms with E-state index in [-0.39, 0.29) is 12.6 Å². The van der Waals surface area contributed by atoms with E-state index in [9.17, 15) is 4.79 Å². The molecule has 0 radical (unpaired) electrons. The van der Waals surface area contributed by atoms with Gasteiger partial charge in [-0.25, -0.2) is 4.79 Å². The summed E-state index contributed by atoms with van der Waals surface area (Å²) in [4.78, 5) is 12.0. The third-order valence-electron chi connectivity index (χ3n) is 3.79. The molecule has 3 N–H and O–H groups in total. The zero-order valence-corrected chi connectivity index (χ0v) is 13.0. The van der Waals surface area contributed by atoms with Gasteiger partial charge in [-0.1, -0.05) is 43.7 Å². The van der Waals surface area contributed by atoms with Crippen LogP contribution in [0, 0.1) is 5.92 Å². The van der Waals surface area contributed by atoms with Crippen molar-refractivity contribution < 1.29 is 9.90 Å². The van der Waals surface area contributed by atoms with Crippen molar-refractivity contribution in [1.82, 2.24) is 5.32 Å². The van der Waals surface area contributed by atoms with Crippen LogP contribution < -0.4 is 10.6 Å². The predicted molar refractivity (Wildman–Crippen MR) is 91.1 cm³/mol. The lowest BCUT2D eigenvalue weighted by molar-refractivity contribution is 0.237. The molecule has 0 heterocycles. The minimum Gasteiger partial charge on any atom is -0.396 e. The number of hydrogen-bond donors (Lipinski definition) is 3. The van der Waals surface area contributed by atoms with E-state index in [2.05, 4.69) is 17.6 Å². The van der Waals surface area contributed by atoms with Crippen molar-refractivity contribution in [2.45, 2.75) is 26.2 Å².